The van der Waals surface area contributed by atoms with E-state index in [4.69, 9.17) is 0 Å². The van der Waals surface area contributed by atoms with Gasteiger partial charge in [-0.05, 0) is 18.1 Å². The quantitative estimate of drug-likeness (QED) is 0.832. The first-order valence-corrected chi connectivity index (χ1v) is 9.11. The van der Waals surface area contributed by atoms with Crippen molar-refractivity contribution in [2.45, 2.75) is 13.3 Å². The van der Waals surface area contributed by atoms with Crippen LogP contribution in [0.3, 0.4) is 0 Å². The summed E-state index contributed by atoms with van der Waals surface area (Å²) in [5.41, 5.74) is 0.526. The van der Waals surface area contributed by atoms with E-state index in [2.05, 4.69) is 0 Å². The number of hydrogen-bond donors (Lipinski definition) is 0. The number of piperazine rings is 1. The van der Waals surface area contributed by atoms with Crippen molar-refractivity contribution < 1.29 is 17.6 Å². The predicted octanol–water partition coefficient (Wildman–Crippen LogP) is 1.11. The van der Waals surface area contributed by atoms with Gasteiger partial charge in [-0.25, -0.2) is 12.8 Å². The Morgan fingerprint density at radius 2 is 1.82 bits per heavy atom. The fraction of sp³-hybridized carbons (Fsp3) is 0.533. The van der Waals surface area contributed by atoms with Crippen molar-refractivity contribution in [3.63, 3.8) is 0 Å². The molecule has 0 bridgehead atoms. The summed E-state index contributed by atoms with van der Waals surface area (Å²) in [6.07, 6.45) is 1.52. The molecule has 0 N–H and O–H groups in total. The summed E-state index contributed by atoms with van der Waals surface area (Å²) in [5.74, 6) is -0.692. The van der Waals surface area contributed by atoms with E-state index in [-0.39, 0.29) is 17.6 Å². The lowest BCUT2D eigenvalue weighted by Gasteiger charge is -2.34. The molecule has 1 atom stereocenters. The van der Waals surface area contributed by atoms with Gasteiger partial charge < -0.3 is 4.90 Å². The topological polar surface area (TPSA) is 57.7 Å². The van der Waals surface area contributed by atoms with Crippen LogP contribution in [0.1, 0.15) is 12.5 Å². The van der Waals surface area contributed by atoms with Crippen LogP contribution in [0, 0.1) is 11.7 Å². The molecule has 1 aliphatic rings. The van der Waals surface area contributed by atoms with Crippen LogP contribution in [0.15, 0.2) is 24.3 Å². The van der Waals surface area contributed by atoms with Crippen molar-refractivity contribution in [2.24, 2.45) is 5.92 Å². The predicted molar refractivity (Wildman–Crippen MR) is 82.3 cm³/mol. The van der Waals surface area contributed by atoms with Crippen molar-refractivity contribution in [3.8, 4) is 0 Å². The lowest BCUT2D eigenvalue weighted by molar-refractivity contribution is -0.136. The van der Waals surface area contributed by atoms with E-state index in [1.807, 2.05) is 0 Å². The second-order valence-corrected chi connectivity index (χ2v) is 7.67. The van der Waals surface area contributed by atoms with E-state index < -0.39 is 10.0 Å². The van der Waals surface area contributed by atoms with E-state index >= 15 is 0 Å². The van der Waals surface area contributed by atoms with Gasteiger partial charge in [0, 0.05) is 32.1 Å². The smallest absolute Gasteiger partial charge is 0.225 e. The summed E-state index contributed by atoms with van der Waals surface area (Å²) in [6.45, 7) is 3.17. The third-order valence-corrected chi connectivity index (χ3v) is 5.23. The molecule has 122 valence electrons. The molecule has 1 aromatic rings. The summed E-state index contributed by atoms with van der Waals surface area (Å²) in [4.78, 5) is 14.1. The van der Waals surface area contributed by atoms with Crippen LogP contribution in [0.25, 0.3) is 0 Å². The maximum Gasteiger partial charge on any atom is 0.225 e. The van der Waals surface area contributed by atoms with Crippen LogP contribution in [-0.4, -0.2) is 56.0 Å². The van der Waals surface area contributed by atoms with Gasteiger partial charge in [0.25, 0.3) is 0 Å². The minimum absolute atomic E-state index is 0.0589. The zero-order valence-corrected chi connectivity index (χ0v) is 13.6. The van der Waals surface area contributed by atoms with Crippen LogP contribution in [0.2, 0.25) is 0 Å². The average molecular weight is 328 g/mol. The number of carbonyl (C=O) groups excluding carboxylic acids is 1. The third-order valence-electron chi connectivity index (χ3n) is 3.92. The maximum absolute atomic E-state index is 13.6. The number of nitrogens with zero attached hydrogens (tertiary/aromatic N) is 2. The van der Waals surface area contributed by atoms with Crippen LogP contribution in [0.4, 0.5) is 4.39 Å². The average Bonchev–Trinajstić information content (AvgIpc) is 2.48. The molecule has 1 aliphatic heterocycles. The number of benzene rings is 1. The summed E-state index contributed by atoms with van der Waals surface area (Å²) in [5, 5.41) is 0. The highest BCUT2D eigenvalue weighted by Gasteiger charge is 2.28. The highest BCUT2D eigenvalue weighted by molar-refractivity contribution is 7.88. The van der Waals surface area contributed by atoms with E-state index in [0.717, 1.165) is 0 Å². The Morgan fingerprint density at radius 3 is 2.36 bits per heavy atom. The van der Waals surface area contributed by atoms with Crippen LogP contribution in [-0.2, 0) is 21.2 Å². The van der Waals surface area contributed by atoms with Gasteiger partial charge in [0.2, 0.25) is 15.9 Å². The maximum atomic E-state index is 13.6. The van der Waals surface area contributed by atoms with Gasteiger partial charge in [-0.3, -0.25) is 4.79 Å². The molecular formula is C15H21FN2O3S. The zero-order chi connectivity index (χ0) is 16.3. The van der Waals surface area contributed by atoms with E-state index in [1.54, 1.807) is 30.0 Å². The number of rotatable bonds is 4. The molecule has 0 radical (unpaired) electrons. The molecule has 5 nitrogen and oxygen atoms in total. The van der Waals surface area contributed by atoms with Gasteiger partial charge in [-0.2, -0.15) is 4.31 Å². The normalized spacial score (nSPS) is 18.2. The minimum atomic E-state index is -3.20. The van der Waals surface area contributed by atoms with Crippen molar-refractivity contribution in [1.82, 2.24) is 9.21 Å². The van der Waals surface area contributed by atoms with Crippen LogP contribution >= 0.6 is 0 Å². The van der Waals surface area contributed by atoms with E-state index in [0.29, 0.717) is 38.2 Å². The standard InChI is InChI=1S/C15H21FN2O3S/c1-12(11-13-5-3-4-6-14(13)16)15(19)17-7-9-18(10-8-17)22(2,20)21/h3-6,12H,7-11H2,1-2H3. The fourth-order valence-electron chi connectivity index (χ4n) is 2.63. The number of hydrogen-bond acceptors (Lipinski definition) is 3. The number of halogens is 1. The summed E-state index contributed by atoms with van der Waals surface area (Å²) in [6, 6.07) is 6.44. The Morgan fingerprint density at radius 1 is 1.23 bits per heavy atom. The first-order valence-electron chi connectivity index (χ1n) is 7.26. The lowest BCUT2D eigenvalue weighted by atomic mass is 9.99. The lowest BCUT2D eigenvalue weighted by Crippen LogP contribution is -2.51. The number of carbonyl (C=O) groups is 1. The zero-order valence-electron chi connectivity index (χ0n) is 12.8. The van der Waals surface area contributed by atoms with Crippen molar-refractivity contribution in [3.05, 3.63) is 35.6 Å². The molecule has 1 unspecified atom stereocenters. The summed E-state index contributed by atoms with van der Waals surface area (Å²) >= 11 is 0. The van der Waals surface area contributed by atoms with E-state index in [1.165, 1.54) is 16.6 Å². The highest BCUT2D eigenvalue weighted by atomic mass is 32.2. The Hall–Kier alpha value is -1.47. The van der Waals surface area contributed by atoms with E-state index in [9.17, 15) is 17.6 Å². The molecule has 7 heteroatoms. The monoisotopic (exact) mass is 328 g/mol. The van der Waals surface area contributed by atoms with Crippen molar-refractivity contribution in [1.29, 1.82) is 0 Å². The molecule has 1 saturated heterocycles. The molecule has 0 saturated carbocycles. The molecule has 1 amide bonds. The van der Waals surface area contributed by atoms with Gasteiger partial charge in [0.05, 0.1) is 6.26 Å². The summed E-state index contributed by atoms with van der Waals surface area (Å²) < 4.78 is 37.9. The van der Waals surface area contributed by atoms with Crippen LogP contribution in [0.5, 0.6) is 0 Å². The Bertz CT molecular complexity index is 640. The largest absolute Gasteiger partial charge is 0.340 e. The van der Waals surface area contributed by atoms with Gasteiger partial charge in [0.1, 0.15) is 5.82 Å². The van der Waals surface area contributed by atoms with Crippen LogP contribution < -0.4 is 0 Å². The highest BCUT2D eigenvalue weighted by Crippen LogP contribution is 2.16. The van der Waals surface area contributed by atoms with Crippen molar-refractivity contribution >= 4 is 15.9 Å². The molecule has 0 aliphatic carbocycles. The molecule has 1 heterocycles. The number of sulfonamides is 1. The molecular weight excluding hydrogens is 307 g/mol. The second kappa shape index (κ2) is 6.75. The molecule has 0 aromatic heterocycles. The van der Waals surface area contributed by atoms with Gasteiger partial charge in [0.15, 0.2) is 0 Å². The second-order valence-electron chi connectivity index (χ2n) is 5.68. The van der Waals surface area contributed by atoms with Gasteiger partial charge >= 0.3 is 0 Å². The molecule has 0 spiro atoms. The Balaban J connectivity index is 1.94. The molecule has 1 fully saturated rings. The molecule has 1 aromatic carbocycles. The fourth-order valence-corrected chi connectivity index (χ4v) is 3.46. The molecule has 22 heavy (non-hydrogen) atoms. The first kappa shape index (κ1) is 16.9. The first-order chi connectivity index (χ1) is 10.3. The third kappa shape index (κ3) is 4.04. The van der Waals surface area contributed by atoms with Crippen molar-refractivity contribution in [2.75, 3.05) is 32.4 Å². The van der Waals surface area contributed by atoms with Gasteiger partial charge in [-0.15, -0.1) is 0 Å². The molecule has 2 rings (SSSR count). The Kier molecular flexibility index (Phi) is 5.18. The Labute approximate surface area is 130 Å². The van der Waals surface area contributed by atoms with Gasteiger partial charge in [-0.1, -0.05) is 25.1 Å². The summed E-state index contributed by atoms with van der Waals surface area (Å²) in [7, 11) is -3.20. The minimum Gasteiger partial charge on any atom is -0.340 e. The number of amides is 1. The SMILES string of the molecule is CC(Cc1ccccc1F)C(=O)N1CCN(S(C)(=O)=O)CC1.